The molecule has 3 rings (SSSR count). The van der Waals surface area contributed by atoms with E-state index in [2.05, 4.69) is 41.1 Å². The van der Waals surface area contributed by atoms with Crippen molar-refractivity contribution in [3.63, 3.8) is 0 Å². The third-order valence-electron chi connectivity index (χ3n) is 3.11. The predicted octanol–water partition coefficient (Wildman–Crippen LogP) is 1.56. The van der Waals surface area contributed by atoms with Gasteiger partial charge >= 0.3 is 6.03 Å². The molecule has 1 aromatic carbocycles. The lowest BCUT2D eigenvalue weighted by Crippen LogP contribution is -2.33. The van der Waals surface area contributed by atoms with Gasteiger partial charge in [0.05, 0.1) is 0 Å². The van der Waals surface area contributed by atoms with Gasteiger partial charge in [-0.05, 0) is 12.1 Å². The number of hydrogen-bond donors (Lipinski definition) is 3. The van der Waals surface area contributed by atoms with Crippen LogP contribution in [0.4, 0.5) is 16.6 Å². The second-order valence-corrected chi connectivity index (χ2v) is 4.92. The van der Waals surface area contributed by atoms with E-state index < -0.39 is 0 Å². The topological polar surface area (TPSA) is 118 Å². The largest absolute Gasteiger partial charge is 0.352 e. The standard InChI is InChI=1S/C16H16N8O/c25-16(22-13-7-4-8-21-24-13)18-10-9-17-15-20-11-19-14(23-15)12-5-2-1-3-6-12/h1-8,11H,9-10H2,(H,17,19,20,23)(H2,18,22,24,25). The normalized spacial score (nSPS) is 10.1. The highest BCUT2D eigenvalue weighted by Gasteiger charge is 2.04. The second-order valence-electron chi connectivity index (χ2n) is 4.92. The van der Waals surface area contributed by atoms with Crippen molar-refractivity contribution in [3.05, 3.63) is 55.0 Å². The van der Waals surface area contributed by atoms with E-state index in [-0.39, 0.29) is 6.03 Å². The molecule has 3 N–H and O–H groups in total. The molecule has 0 aliphatic heterocycles. The average Bonchev–Trinajstić information content (AvgIpc) is 2.67. The summed E-state index contributed by atoms with van der Waals surface area (Å²) in [6.07, 6.45) is 2.98. The summed E-state index contributed by atoms with van der Waals surface area (Å²) in [5.41, 5.74) is 0.912. The molecule has 0 aliphatic rings. The number of rotatable bonds is 6. The number of benzene rings is 1. The highest BCUT2D eigenvalue weighted by Crippen LogP contribution is 2.13. The molecule has 3 aromatic rings. The fourth-order valence-electron chi connectivity index (χ4n) is 1.99. The summed E-state index contributed by atoms with van der Waals surface area (Å²) in [5, 5.41) is 15.8. The second kappa shape index (κ2) is 8.29. The fourth-order valence-corrected chi connectivity index (χ4v) is 1.99. The van der Waals surface area contributed by atoms with E-state index >= 15 is 0 Å². The Morgan fingerprint density at radius 1 is 1.00 bits per heavy atom. The first kappa shape index (κ1) is 16.2. The van der Waals surface area contributed by atoms with Crippen LogP contribution in [0.2, 0.25) is 0 Å². The zero-order valence-corrected chi connectivity index (χ0v) is 13.3. The van der Waals surface area contributed by atoms with Gasteiger partial charge in [-0.15, -0.1) is 5.10 Å². The van der Waals surface area contributed by atoms with Crippen LogP contribution in [-0.2, 0) is 0 Å². The third kappa shape index (κ3) is 4.93. The maximum atomic E-state index is 11.7. The zero-order chi connectivity index (χ0) is 17.3. The van der Waals surface area contributed by atoms with Crippen LogP contribution in [0.3, 0.4) is 0 Å². The molecule has 2 amide bonds. The molecule has 25 heavy (non-hydrogen) atoms. The van der Waals surface area contributed by atoms with Crippen LogP contribution < -0.4 is 16.0 Å². The SMILES string of the molecule is O=C(NCCNc1ncnc(-c2ccccc2)n1)Nc1cccnn1. The quantitative estimate of drug-likeness (QED) is 0.585. The van der Waals surface area contributed by atoms with Gasteiger partial charge in [-0.1, -0.05) is 30.3 Å². The summed E-state index contributed by atoms with van der Waals surface area (Å²) in [5.74, 6) is 1.43. The maximum Gasteiger partial charge on any atom is 0.320 e. The van der Waals surface area contributed by atoms with Crippen molar-refractivity contribution < 1.29 is 4.79 Å². The molecule has 9 heteroatoms. The molecule has 0 atom stereocenters. The van der Waals surface area contributed by atoms with Crippen LogP contribution in [0, 0.1) is 0 Å². The number of nitrogens with one attached hydrogen (secondary N) is 3. The zero-order valence-electron chi connectivity index (χ0n) is 13.3. The van der Waals surface area contributed by atoms with Crippen molar-refractivity contribution in [2.24, 2.45) is 0 Å². The van der Waals surface area contributed by atoms with E-state index in [1.54, 1.807) is 12.1 Å². The lowest BCUT2D eigenvalue weighted by molar-refractivity contribution is 0.252. The molecule has 2 aromatic heterocycles. The predicted molar refractivity (Wildman–Crippen MR) is 92.8 cm³/mol. The summed E-state index contributed by atoms with van der Waals surface area (Å²) in [7, 11) is 0. The van der Waals surface area contributed by atoms with Crippen molar-refractivity contribution in [1.82, 2.24) is 30.5 Å². The number of urea groups is 1. The maximum absolute atomic E-state index is 11.7. The molecule has 9 nitrogen and oxygen atoms in total. The van der Waals surface area contributed by atoms with E-state index in [1.807, 2.05) is 30.3 Å². The minimum Gasteiger partial charge on any atom is -0.352 e. The van der Waals surface area contributed by atoms with E-state index in [1.165, 1.54) is 12.5 Å². The van der Waals surface area contributed by atoms with Crippen LogP contribution in [0.15, 0.2) is 55.0 Å². The Balaban J connectivity index is 1.45. The number of aromatic nitrogens is 5. The van der Waals surface area contributed by atoms with Gasteiger partial charge in [0.1, 0.15) is 6.33 Å². The van der Waals surface area contributed by atoms with Crippen molar-refractivity contribution in [3.8, 4) is 11.4 Å². The molecule has 0 spiro atoms. The van der Waals surface area contributed by atoms with E-state index in [0.717, 1.165) is 5.56 Å². The van der Waals surface area contributed by atoms with Gasteiger partial charge in [-0.2, -0.15) is 10.1 Å². The lowest BCUT2D eigenvalue weighted by atomic mass is 10.2. The summed E-state index contributed by atoms with van der Waals surface area (Å²) >= 11 is 0. The Morgan fingerprint density at radius 3 is 2.68 bits per heavy atom. The van der Waals surface area contributed by atoms with Crippen LogP contribution in [0.1, 0.15) is 0 Å². The van der Waals surface area contributed by atoms with Crippen molar-refractivity contribution in [2.45, 2.75) is 0 Å². The first-order valence-corrected chi connectivity index (χ1v) is 7.62. The highest BCUT2D eigenvalue weighted by atomic mass is 16.2. The molecule has 0 saturated carbocycles. The molecular weight excluding hydrogens is 320 g/mol. The van der Waals surface area contributed by atoms with Gasteiger partial charge in [-0.3, -0.25) is 5.32 Å². The summed E-state index contributed by atoms with van der Waals surface area (Å²) < 4.78 is 0. The number of carbonyl (C=O) groups excluding carboxylic acids is 1. The molecule has 0 bridgehead atoms. The highest BCUT2D eigenvalue weighted by molar-refractivity contribution is 5.88. The fraction of sp³-hybridized carbons (Fsp3) is 0.125. The van der Waals surface area contributed by atoms with Crippen LogP contribution >= 0.6 is 0 Å². The molecule has 126 valence electrons. The van der Waals surface area contributed by atoms with Gasteiger partial charge in [0.25, 0.3) is 0 Å². The third-order valence-corrected chi connectivity index (χ3v) is 3.11. The number of amides is 2. The molecule has 0 unspecified atom stereocenters. The van der Waals surface area contributed by atoms with Gasteiger partial charge in [0.15, 0.2) is 11.6 Å². The van der Waals surface area contributed by atoms with Crippen LogP contribution in [0.25, 0.3) is 11.4 Å². The Labute approximate surface area is 144 Å². The van der Waals surface area contributed by atoms with E-state index in [0.29, 0.717) is 30.7 Å². The Kier molecular flexibility index (Phi) is 5.39. The van der Waals surface area contributed by atoms with Crippen LogP contribution in [0.5, 0.6) is 0 Å². The van der Waals surface area contributed by atoms with Gasteiger partial charge in [0, 0.05) is 24.8 Å². The first-order valence-electron chi connectivity index (χ1n) is 7.62. The molecule has 0 radical (unpaired) electrons. The molecule has 0 saturated heterocycles. The monoisotopic (exact) mass is 336 g/mol. The van der Waals surface area contributed by atoms with Crippen molar-refractivity contribution in [1.29, 1.82) is 0 Å². The Hall–Kier alpha value is -3.62. The van der Waals surface area contributed by atoms with Crippen molar-refractivity contribution in [2.75, 3.05) is 23.7 Å². The smallest absolute Gasteiger partial charge is 0.320 e. The molecule has 0 fully saturated rings. The average molecular weight is 336 g/mol. The van der Waals surface area contributed by atoms with Gasteiger partial charge in [-0.25, -0.2) is 14.8 Å². The number of nitrogens with zero attached hydrogens (tertiary/aromatic N) is 5. The summed E-state index contributed by atoms with van der Waals surface area (Å²) in [4.78, 5) is 24.3. The molecular formula is C16H16N8O. The number of anilines is 2. The molecule has 2 heterocycles. The first-order chi connectivity index (χ1) is 12.3. The minimum atomic E-state index is -0.358. The number of carbonyl (C=O) groups is 1. The van der Waals surface area contributed by atoms with Gasteiger partial charge < -0.3 is 10.6 Å². The Morgan fingerprint density at radius 2 is 1.88 bits per heavy atom. The van der Waals surface area contributed by atoms with Gasteiger partial charge in [0.2, 0.25) is 5.95 Å². The summed E-state index contributed by atoms with van der Waals surface area (Å²) in [6, 6.07) is 12.6. The Bertz CT molecular complexity index is 813. The minimum absolute atomic E-state index is 0.358. The van der Waals surface area contributed by atoms with E-state index in [4.69, 9.17) is 0 Å². The lowest BCUT2D eigenvalue weighted by Gasteiger charge is -2.08. The summed E-state index contributed by atoms with van der Waals surface area (Å²) in [6.45, 7) is 0.852. The van der Waals surface area contributed by atoms with Crippen molar-refractivity contribution >= 4 is 17.8 Å². The van der Waals surface area contributed by atoms with E-state index in [9.17, 15) is 4.79 Å². The number of hydrogen-bond acceptors (Lipinski definition) is 7. The molecule has 0 aliphatic carbocycles. The van der Waals surface area contributed by atoms with Crippen LogP contribution in [-0.4, -0.2) is 44.3 Å².